The Kier molecular flexibility index (Phi) is 6.53. The summed E-state index contributed by atoms with van der Waals surface area (Å²) in [5.41, 5.74) is 6.57. The molecule has 0 aliphatic heterocycles. The van der Waals surface area contributed by atoms with Crippen LogP contribution >= 0.6 is 0 Å². The summed E-state index contributed by atoms with van der Waals surface area (Å²) < 4.78 is 0. The molecule has 0 fully saturated rings. The van der Waals surface area contributed by atoms with Gasteiger partial charge in [-0.2, -0.15) is 0 Å². The van der Waals surface area contributed by atoms with Crippen molar-refractivity contribution in [3.63, 3.8) is 0 Å². The smallest absolute Gasteiger partial charge is 0.228 e. The molecule has 4 nitrogen and oxygen atoms in total. The van der Waals surface area contributed by atoms with Crippen LogP contribution in [0.2, 0.25) is 0 Å². The lowest BCUT2D eigenvalue weighted by atomic mass is 9.98. The Balaban J connectivity index is 2.51. The topological polar surface area (TPSA) is 75.3 Å². The monoisotopic (exact) mass is 264 g/mol. The van der Waals surface area contributed by atoms with Crippen molar-refractivity contribution in [2.24, 2.45) is 11.7 Å². The average molecular weight is 264 g/mol. The maximum atomic E-state index is 12.1. The zero-order chi connectivity index (χ0) is 14.3. The summed E-state index contributed by atoms with van der Waals surface area (Å²) in [6.45, 7) is 4.62. The Labute approximate surface area is 115 Å². The molecule has 106 valence electrons. The fourth-order valence-corrected chi connectivity index (χ4v) is 2.05. The molecule has 0 saturated heterocycles. The van der Waals surface area contributed by atoms with Gasteiger partial charge >= 0.3 is 0 Å². The van der Waals surface area contributed by atoms with Crippen LogP contribution in [-0.4, -0.2) is 30.2 Å². The molecule has 1 aromatic rings. The average Bonchev–Trinajstić information content (AvgIpc) is 2.38. The third-order valence-corrected chi connectivity index (χ3v) is 3.01. The van der Waals surface area contributed by atoms with Crippen LogP contribution in [-0.2, 0) is 4.79 Å². The highest BCUT2D eigenvalue weighted by Crippen LogP contribution is 2.14. The molecule has 2 unspecified atom stereocenters. The number of aliphatic hydroxyl groups is 1. The van der Waals surface area contributed by atoms with Crippen molar-refractivity contribution in [2.45, 2.75) is 32.3 Å². The van der Waals surface area contributed by atoms with Gasteiger partial charge < -0.3 is 16.2 Å². The zero-order valence-electron chi connectivity index (χ0n) is 11.7. The van der Waals surface area contributed by atoms with Gasteiger partial charge in [0, 0.05) is 13.1 Å². The van der Waals surface area contributed by atoms with E-state index in [0.29, 0.717) is 12.3 Å². The van der Waals surface area contributed by atoms with E-state index in [1.807, 2.05) is 44.2 Å². The molecule has 19 heavy (non-hydrogen) atoms. The fraction of sp³-hybridized carbons (Fsp3) is 0.533. The van der Waals surface area contributed by atoms with E-state index < -0.39 is 6.10 Å². The van der Waals surface area contributed by atoms with Gasteiger partial charge in [-0.25, -0.2) is 0 Å². The van der Waals surface area contributed by atoms with Crippen LogP contribution in [0, 0.1) is 5.92 Å². The maximum Gasteiger partial charge on any atom is 0.228 e. The van der Waals surface area contributed by atoms with Crippen molar-refractivity contribution in [1.29, 1.82) is 0 Å². The predicted molar refractivity (Wildman–Crippen MR) is 76.7 cm³/mol. The van der Waals surface area contributed by atoms with Crippen LogP contribution in [0.5, 0.6) is 0 Å². The summed E-state index contributed by atoms with van der Waals surface area (Å²) in [6, 6.07) is 9.46. The van der Waals surface area contributed by atoms with Crippen molar-refractivity contribution in [2.75, 3.05) is 13.1 Å². The number of carbonyl (C=O) groups is 1. The lowest BCUT2D eigenvalue weighted by Gasteiger charge is -2.18. The fourth-order valence-electron chi connectivity index (χ4n) is 2.05. The second-order valence-corrected chi connectivity index (χ2v) is 5.23. The van der Waals surface area contributed by atoms with E-state index in [4.69, 9.17) is 5.73 Å². The molecule has 4 N–H and O–H groups in total. The van der Waals surface area contributed by atoms with Crippen LogP contribution in [0.25, 0.3) is 0 Å². The van der Waals surface area contributed by atoms with Crippen LogP contribution < -0.4 is 11.1 Å². The highest BCUT2D eigenvalue weighted by molar-refractivity contribution is 5.83. The van der Waals surface area contributed by atoms with Crippen LogP contribution in [0.15, 0.2) is 30.3 Å². The molecule has 4 heteroatoms. The minimum absolute atomic E-state index is 0.128. The quantitative estimate of drug-likeness (QED) is 0.694. The lowest BCUT2D eigenvalue weighted by Crippen LogP contribution is -2.38. The highest BCUT2D eigenvalue weighted by Gasteiger charge is 2.19. The molecule has 0 heterocycles. The number of amides is 1. The summed E-state index contributed by atoms with van der Waals surface area (Å²) in [4.78, 5) is 12.1. The number of hydrogen-bond donors (Lipinski definition) is 3. The first kappa shape index (κ1) is 15.7. The number of nitrogens with one attached hydrogen (secondary N) is 1. The molecular weight excluding hydrogens is 240 g/mol. The van der Waals surface area contributed by atoms with Gasteiger partial charge in [0.1, 0.15) is 0 Å². The first-order valence-corrected chi connectivity index (χ1v) is 6.75. The molecule has 0 aliphatic carbocycles. The number of benzene rings is 1. The first-order valence-electron chi connectivity index (χ1n) is 6.75. The van der Waals surface area contributed by atoms with E-state index >= 15 is 0 Å². The number of carbonyl (C=O) groups excluding carboxylic acids is 1. The van der Waals surface area contributed by atoms with Crippen molar-refractivity contribution in [3.05, 3.63) is 35.9 Å². The van der Waals surface area contributed by atoms with Crippen molar-refractivity contribution in [1.82, 2.24) is 5.32 Å². The van der Waals surface area contributed by atoms with Crippen LogP contribution in [0.1, 0.15) is 31.7 Å². The van der Waals surface area contributed by atoms with Gasteiger partial charge in [-0.05, 0) is 17.9 Å². The lowest BCUT2D eigenvalue weighted by molar-refractivity contribution is -0.122. The molecule has 1 amide bonds. The molecule has 0 bridgehead atoms. The summed E-state index contributed by atoms with van der Waals surface area (Å²) in [6.07, 6.45) is 0.178. The Morgan fingerprint density at radius 1 is 1.32 bits per heavy atom. The van der Waals surface area contributed by atoms with E-state index in [1.165, 1.54) is 0 Å². The SMILES string of the molecule is CC(C)CC(O)CNC(=O)C(CN)c1ccccc1. The molecule has 0 aromatic heterocycles. The summed E-state index contributed by atoms with van der Waals surface area (Å²) >= 11 is 0. The molecule has 0 saturated carbocycles. The third kappa shape index (κ3) is 5.41. The van der Waals surface area contributed by atoms with E-state index in [2.05, 4.69) is 5.32 Å². The van der Waals surface area contributed by atoms with Crippen molar-refractivity contribution >= 4 is 5.91 Å². The highest BCUT2D eigenvalue weighted by atomic mass is 16.3. The third-order valence-electron chi connectivity index (χ3n) is 3.01. The van der Waals surface area contributed by atoms with E-state index in [-0.39, 0.29) is 24.9 Å². The number of rotatable bonds is 7. The molecule has 1 aromatic carbocycles. The second kappa shape index (κ2) is 7.92. The van der Waals surface area contributed by atoms with Crippen LogP contribution in [0.4, 0.5) is 0 Å². The number of aliphatic hydroxyl groups excluding tert-OH is 1. The predicted octanol–water partition coefficient (Wildman–Crippen LogP) is 1.25. The minimum atomic E-state index is -0.502. The maximum absolute atomic E-state index is 12.1. The molecule has 0 radical (unpaired) electrons. The van der Waals surface area contributed by atoms with Gasteiger partial charge in [-0.1, -0.05) is 44.2 Å². The van der Waals surface area contributed by atoms with Gasteiger partial charge in [0.05, 0.1) is 12.0 Å². The van der Waals surface area contributed by atoms with Crippen molar-refractivity contribution < 1.29 is 9.90 Å². The van der Waals surface area contributed by atoms with Crippen molar-refractivity contribution in [3.8, 4) is 0 Å². The molecule has 1 rings (SSSR count). The first-order chi connectivity index (χ1) is 9.04. The molecule has 0 spiro atoms. The Morgan fingerprint density at radius 3 is 2.47 bits per heavy atom. The van der Waals surface area contributed by atoms with E-state index in [1.54, 1.807) is 0 Å². The Morgan fingerprint density at radius 2 is 1.95 bits per heavy atom. The Hall–Kier alpha value is -1.39. The number of hydrogen-bond acceptors (Lipinski definition) is 3. The Bertz CT molecular complexity index is 379. The van der Waals surface area contributed by atoms with E-state index in [9.17, 15) is 9.90 Å². The van der Waals surface area contributed by atoms with Crippen LogP contribution in [0.3, 0.4) is 0 Å². The standard InChI is InChI=1S/C15H24N2O2/c1-11(2)8-13(18)10-17-15(19)14(9-16)12-6-4-3-5-7-12/h3-7,11,13-14,18H,8-10,16H2,1-2H3,(H,17,19). The van der Waals surface area contributed by atoms with Gasteiger partial charge in [0.25, 0.3) is 0 Å². The van der Waals surface area contributed by atoms with Gasteiger partial charge in [-0.15, -0.1) is 0 Å². The van der Waals surface area contributed by atoms with Gasteiger partial charge in [-0.3, -0.25) is 4.79 Å². The molecule has 0 aliphatic rings. The summed E-state index contributed by atoms with van der Waals surface area (Å²) in [7, 11) is 0. The van der Waals surface area contributed by atoms with Gasteiger partial charge in [0.15, 0.2) is 0 Å². The largest absolute Gasteiger partial charge is 0.391 e. The zero-order valence-corrected chi connectivity index (χ0v) is 11.7. The summed E-state index contributed by atoms with van der Waals surface area (Å²) in [5, 5.41) is 12.5. The normalized spacial score (nSPS) is 14.2. The minimum Gasteiger partial charge on any atom is -0.391 e. The number of nitrogens with two attached hydrogens (primary N) is 1. The van der Waals surface area contributed by atoms with Gasteiger partial charge in [0.2, 0.25) is 5.91 Å². The second-order valence-electron chi connectivity index (χ2n) is 5.23. The molecular formula is C15H24N2O2. The molecule has 2 atom stereocenters. The summed E-state index contributed by atoms with van der Waals surface area (Å²) in [5.74, 6) is -0.0738. The van der Waals surface area contributed by atoms with E-state index in [0.717, 1.165) is 5.56 Å².